The van der Waals surface area contributed by atoms with Crippen LogP contribution >= 0.6 is 0 Å². The second kappa shape index (κ2) is 29.9. The van der Waals surface area contributed by atoms with Gasteiger partial charge in [-0.25, -0.2) is 0 Å². The number of nitrogens with one attached hydrogen (secondary N) is 1. The zero-order chi connectivity index (χ0) is 27.2. The summed E-state index contributed by atoms with van der Waals surface area (Å²) < 4.78 is 0. The number of hydrogen-bond acceptors (Lipinski definition) is 3. The molecule has 0 saturated heterocycles. The maximum absolute atomic E-state index is 12.2. The van der Waals surface area contributed by atoms with Gasteiger partial charge in [0, 0.05) is 6.42 Å². The van der Waals surface area contributed by atoms with Crippen molar-refractivity contribution in [1.82, 2.24) is 5.32 Å². The van der Waals surface area contributed by atoms with Crippen LogP contribution in [0.3, 0.4) is 0 Å². The van der Waals surface area contributed by atoms with Gasteiger partial charge in [-0.1, -0.05) is 168 Å². The largest absolute Gasteiger partial charge is 0.394 e. The van der Waals surface area contributed by atoms with Crippen molar-refractivity contribution in [1.29, 1.82) is 0 Å². The number of carbonyl (C=O) groups excluding carboxylic acids is 1. The number of aliphatic hydroxyl groups is 2. The van der Waals surface area contributed by atoms with Crippen LogP contribution in [-0.2, 0) is 4.79 Å². The Labute approximate surface area is 232 Å². The van der Waals surface area contributed by atoms with Gasteiger partial charge in [0.05, 0.1) is 18.8 Å². The van der Waals surface area contributed by atoms with Gasteiger partial charge >= 0.3 is 0 Å². The molecule has 0 aliphatic heterocycles. The number of rotatable bonds is 30. The van der Waals surface area contributed by atoms with Crippen LogP contribution in [0.1, 0.15) is 187 Å². The molecule has 4 nitrogen and oxygen atoms in total. The van der Waals surface area contributed by atoms with Gasteiger partial charge in [0.2, 0.25) is 5.91 Å². The lowest BCUT2D eigenvalue weighted by Crippen LogP contribution is -2.45. The molecule has 222 valence electrons. The van der Waals surface area contributed by atoms with Crippen LogP contribution in [0.5, 0.6) is 0 Å². The summed E-state index contributed by atoms with van der Waals surface area (Å²) in [5, 5.41) is 22.9. The summed E-state index contributed by atoms with van der Waals surface area (Å²) in [6, 6.07) is -0.526. The third-order valence-corrected chi connectivity index (χ3v) is 7.87. The number of carbonyl (C=O) groups is 1. The van der Waals surface area contributed by atoms with Crippen LogP contribution < -0.4 is 5.32 Å². The average molecular weight is 526 g/mol. The van der Waals surface area contributed by atoms with E-state index < -0.39 is 12.1 Å². The van der Waals surface area contributed by atoms with Crippen molar-refractivity contribution in [3.05, 3.63) is 0 Å². The number of aliphatic hydroxyl groups excluding tert-OH is 2. The van der Waals surface area contributed by atoms with Crippen LogP contribution in [0.2, 0.25) is 0 Å². The van der Waals surface area contributed by atoms with Crippen LogP contribution in [0.15, 0.2) is 0 Å². The Balaban J connectivity index is 3.54. The molecule has 0 unspecified atom stereocenters. The standard InChI is InChI=1S/C33H67NO3/c1-3-5-7-9-11-13-15-16-17-18-19-20-22-24-26-28-32(36)31(30-35)34-33(37)29-27-25-23-21-14-12-10-8-6-4-2/h31-32,35-36H,3-30H2,1-2H3,(H,34,37)/t31-,32+/m0/s1. The molecule has 37 heavy (non-hydrogen) atoms. The van der Waals surface area contributed by atoms with Gasteiger partial charge in [-0.3, -0.25) is 4.79 Å². The fourth-order valence-electron chi connectivity index (χ4n) is 5.24. The molecule has 0 heterocycles. The van der Waals surface area contributed by atoms with Crippen molar-refractivity contribution in [3.8, 4) is 0 Å². The molecule has 2 atom stereocenters. The van der Waals surface area contributed by atoms with Crippen molar-refractivity contribution in [2.45, 2.75) is 199 Å². The first-order valence-corrected chi connectivity index (χ1v) is 16.7. The Hall–Kier alpha value is -0.610. The first-order chi connectivity index (χ1) is 18.2. The van der Waals surface area contributed by atoms with Crippen LogP contribution in [0, 0.1) is 0 Å². The monoisotopic (exact) mass is 526 g/mol. The van der Waals surface area contributed by atoms with E-state index in [1.807, 2.05) is 0 Å². The zero-order valence-corrected chi connectivity index (χ0v) is 25.3. The Morgan fingerprint density at radius 3 is 1.22 bits per heavy atom. The highest BCUT2D eigenvalue weighted by atomic mass is 16.3. The minimum atomic E-state index is -0.649. The molecule has 0 saturated carbocycles. The fourth-order valence-corrected chi connectivity index (χ4v) is 5.24. The first kappa shape index (κ1) is 36.4. The third-order valence-electron chi connectivity index (χ3n) is 7.87. The van der Waals surface area contributed by atoms with Gasteiger partial charge in [0.1, 0.15) is 0 Å². The van der Waals surface area contributed by atoms with Gasteiger partial charge in [-0.2, -0.15) is 0 Å². The Bertz CT molecular complexity index is 457. The van der Waals surface area contributed by atoms with E-state index in [1.54, 1.807) is 0 Å². The fraction of sp³-hybridized carbons (Fsp3) is 0.970. The summed E-state index contributed by atoms with van der Waals surface area (Å²) in [5.74, 6) is -0.0332. The van der Waals surface area contributed by atoms with Gasteiger partial charge in [0.25, 0.3) is 0 Å². The van der Waals surface area contributed by atoms with Crippen LogP contribution in [-0.4, -0.2) is 34.9 Å². The lowest BCUT2D eigenvalue weighted by atomic mass is 10.0. The van der Waals surface area contributed by atoms with E-state index in [9.17, 15) is 15.0 Å². The van der Waals surface area contributed by atoms with E-state index in [1.165, 1.54) is 135 Å². The summed E-state index contributed by atoms with van der Waals surface area (Å²) in [6.45, 7) is 4.34. The predicted octanol–water partition coefficient (Wildman–Crippen LogP) is 9.40. The highest BCUT2D eigenvalue weighted by Crippen LogP contribution is 2.15. The number of hydrogen-bond donors (Lipinski definition) is 3. The molecule has 0 fully saturated rings. The van der Waals surface area contributed by atoms with E-state index in [0.29, 0.717) is 12.8 Å². The Kier molecular flexibility index (Phi) is 29.4. The van der Waals surface area contributed by atoms with E-state index in [2.05, 4.69) is 19.2 Å². The molecule has 4 heteroatoms. The highest BCUT2D eigenvalue weighted by Gasteiger charge is 2.19. The molecule has 1 amide bonds. The summed E-state index contributed by atoms with van der Waals surface area (Å²) in [5.41, 5.74) is 0. The molecular weight excluding hydrogens is 458 g/mol. The molecule has 3 N–H and O–H groups in total. The van der Waals surface area contributed by atoms with Crippen molar-refractivity contribution >= 4 is 5.91 Å². The third kappa shape index (κ3) is 26.8. The van der Waals surface area contributed by atoms with E-state index >= 15 is 0 Å². The molecule has 0 aliphatic rings. The smallest absolute Gasteiger partial charge is 0.220 e. The van der Waals surface area contributed by atoms with Gasteiger partial charge in [-0.15, -0.1) is 0 Å². The maximum atomic E-state index is 12.2. The Morgan fingerprint density at radius 1 is 0.541 bits per heavy atom. The SMILES string of the molecule is CCCCCCCCCCCCCCCCC[C@@H](O)[C@H](CO)NC(=O)CCCCCCCCCCCC. The van der Waals surface area contributed by atoms with Crippen molar-refractivity contribution in [3.63, 3.8) is 0 Å². The lowest BCUT2D eigenvalue weighted by Gasteiger charge is -2.22. The second-order valence-corrected chi connectivity index (χ2v) is 11.6. The second-order valence-electron chi connectivity index (χ2n) is 11.6. The van der Waals surface area contributed by atoms with Gasteiger partial charge in [-0.05, 0) is 12.8 Å². The molecule has 0 aromatic heterocycles. The first-order valence-electron chi connectivity index (χ1n) is 16.7. The predicted molar refractivity (Wildman–Crippen MR) is 161 cm³/mol. The maximum Gasteiger partial charge on any atom is 0.220 e. The molecular formula is C33H67NO3. The van der Waals surface area contributed by atoms with Crippen molar-refractivity contribution < 1.29 is 15.0 Å². The van der Waals surface area contributed by atoms with E-state index in [4.69, 9.17) is 0 Å². The minimum absolute atomic E-state index is 0.0332. The molecule has 0 spiro atoms. The topological polar surface area (TPSA) is 69.6 Å². The molecule has 0 aromatic carbocycles. The number of unbranched alkanes of at least 4 members (excludes halogenated alkanes) is 23. The van der Waals surface area contributed by atoms with E-state index in [-0.39, 0.29) is 12.5 Å². The average Bonchev–Trinajstić information content (AvgIpc) is 2.90. The molecule has 0 aliphatic carbocycles. The summed E-state index contributed by atoms with van der Waals surface area (Å²) in [4.78, 5) is 12.2. The normalized spacial score (nSPS) is 13.1. The lowest BCUT2D eigenvalue weighted by molar-refractivity contribution is -0.123. The molecule has 0 radical (unpaired) electrons. The van der Waals surface area contributed by atoms with Crippen LogP contribution in [0.4, 0.5) is 0 Å². The van der Waals surface area contributed by atoms with Crippen LogP contribution in [0.25, 0.3) is 0 Å². The summed E-state index contributed by atoms with van der Waals surface area (Å²) in [6.07, 6.45) is 32.9. The summed E-state index contributed by atoms with van der Waals surface area (Å²) >= 11 is 0. The molecule has 0 aromatic rings. The highest BCUT2D eigenvalue weighted by molar-refractivity contribution is 5.76. The molecule has 0 rings (SSSR count). The van der Waals surface area contributed by atoms with Gasteiger partial charge in [0.15, 0.2) is 0 Å². The van der Waals surface area contributed by atoms with E-state index in [0.717, 1.165) is 25.7 Å². The zero-order valence-electron chi connectivity index (χ0n) is 25.3. The summed E-state index contributed by atoms with van der Waals surface area (Å²) in [7, 11) is 0. The van der Waals surface area contributed by atoms with Gasteiger partial charge < -0.3 is 15.5 Å². The quantitative estimate of drug-likeness (QED) is 0.0818. The van der Waals surface area contributed by atoms with Crippen molar-refractivity contribution in [2.75, 3.05) is 6.61 Å². The van der Waals surface area contributed by atoms with Crippen molar-refractivity contribution in [2.24, 2.45) is 0 Å². The number of amides is 1. The molecule has 0 bridgehead atoms. The minimum Gasteiger partial charge on any atom is -0.394 e. The Morgan fingerprint density at radius 2 is 0.865 bits per heavy atom.